The third kappa shape index (κ3) is 2.25. The highest BCUT2D eigenvalue weighted by molar-refractivity contribution is 6.01. The summed E-state index contributed by atoms with van der Waals surface area (Å²) >= 11 is 0. The Morgan fingerprint density at radius 2 is 2.00 bits per heavy atom. The summed E-state index contributed by atoms with van der Waals surface area (Å²) in [5.74, 6) is -2.43. The number of carbonyl (C=O) groups excluding carboxylic acids is 2. The largest absolute Gasteiger partial charge is 0.390 e. The number of fused-ring (bicyclic) bond motifs is 7. The summed E-state index contributed by atoms with van der Waals surface area (Å²) in [6.45, 7) is 6.23. The number of halogens is 1. The lowest BCUT2D eigenvalue weighted by atomic mass is 9.46. The van der Waals surface area contributed by atoms with Gasteiger partial charge in [0.05, 0.1) is 6.10 Å². The molecule has 1 aliphatic heterocycles. The number of alkyl halides is 1. The van der Waals surface area contributed by atoms with Gasteiger partial charge in [-0.15, -0.1) is 0 Å². The number of allylic oxidation sites excluding steroid dienone is 4. The monoisotopic (exact) mass is 432 g/mol. The van der Waals surface area contributed by atoms with Crippen molar-refractivity contribution in [2.45, 2.75) is 76.2 Å². The first-order chi connectivity index (χ1) is 14.4. The molecule has 6 nitrogen and oxygen atoms in total. The maximum absolute atomic E-state index is 17.1. The highest BCUT2D eigenvalue weighted by atomic mass is 19.1. The van der Waals surface area contributed by atoms with Gasteiger partial charge in [0.25, 0.3) is 0 Å². The summed E-state index contributed by atoms with van der Waals surface area (Å²) in [4.78, 5) is 25.0. The normalized spacial score (nSPS) is 49.5. The molecule has 3 fully saturated rings. The first-order valence-corrected chi connectivity index (χ1v) is 10.9. The number of aliphatic hydroxyl groups excluding tert-OH is 2. The van der Waals surface area contributed by atoms with Crippen molar-refractivity contribution in [1.29, 1.82) is 0 Å². The summed E-state index contributed by atoms with van der Waals surface area (Å²) in [5, 5.41) is 21.1. The van der Waals surface area contributed by atoms with Gasteiger partial charge in [0.2, 0.25) is 0 Å². The van der Waals surface area contributed by atoms with Crippen molar-refractivity contribution in [2.24, 2.45) is 16.7 Å². The molecule has 5 rings (SSSR count). The van der Waals surface area contributed by atoms with Crippen molar-refractivity contribution < 1.29 is 33.7 Å². The topological polar surface area (TPSA) is 93.1 Å². The third-order valence-electron chi connectivity index (χ3n) is 8.60. The molecule has 1 heterocycles. The highest BCUT2D eigenvalue weighted by Gasteiger charge is 2.77. The molecule has 2 N–H and O–H groups in total. The third-order valence-corrected chi connectivity index (χ3v) is 8.60. The highest BCUT2D eigenvalue weighted by Crippen LogP contribution is 2.70. The van der Waals surface area contributed by atoms with Gasteiger partial charge in [-0.1, -0.05) is 30.2 Å². The molecule has 4 aliphatic carbocycles. The molecule has 0 aromatic rings. The van der Waals surface area contributed by atoms with Crippen LogP contribution < -0.4 is 0 Å². The lowest BCUT2D eigenvalue weighted by molar-refractivity contribution is -0.212. The van der Waals surface area contributed by atoms with Gasteiger partial charge in [-0.2, -0.15) is 0 Å². The Labute approximate surface area is 180 Å². The molecule has 0 amide bonds. The lowest BCUT2D eigenvalue weighted by Crippen LogP contribution is -2.68. The fourth-order valence-electron chi connectivity index (χ4n) is 7.21. The summed E-state index contributed by atoms with van der Waals surface area (Å²) < 4.78 is 29.3. The van der Waals surface area contributed by atoms with Gasteiger partial charge < -0.3 is 19.7 Å². The van der Waals surface area contributed by atoms with Gasteiger partial charge in [0.15, 0.2) is 28.6 Å². The van der Waals surface area contributed by atoms with E-state index in [1.807, 2.05) is 6.92 Å². The van der Waals surface area contributed by atoms with Crippen molar-refractivity contribution in [3.05, 3.63) is 35.5 Å². The molecule has 168 valence electrons. The molecule has 0 bridgehead atoms. The Bertz CT molecular complexity index is 981. The molecule has 7 heteroatoms. The molecule has 5 aliphatic rings. The maximum atomic E-state index is 17.1. The fraction of sp³-hybridized carbons (Fsp3) is 0.667. The zero-order valence-electron chi connectivity index (χ0n) is 18.3. The van der Waals surface area contributed by atoms with E-state index >= 15 is 4.39 Å². The van der Waals surface area contributed by atoms with Crippen LogP contribution in [0.4, 0.5) is 4.39 Å². The van der Waals surface area contributed by atoms with E-state index in [-0.39, 0.29) is 12.2 Å². The van der Waals surface area contributed by atoms with Gasteiger partial charge >= 0.3 is 0 Å². The zero-order chi connectivity index (χ0) is 22.6. The minimum absolute atomic E-state index is 0.0574. The minimum atomic E-state index is -2.04. The average molecular weight is 432 g/mol. The molecular formula is C24H29FO6. The molecule has 7 atom stereocenters. The van der Waals surface area contributed by atoms with Gasteiger partial charge in [-0.3, -0.25) is 9.59 Å². The van der Waals surface area contributed by atoms with E-state index in [4.69, 9.17) is 9.47 Å². The van der Waals surface area contributed by atoms with Crippen LogP contribution in [0.15, 0.2) is 35.5 Å². The standard InChI is InChI=1S/C24H29FO6/c1-20(2)30-19-10-16-15-6-5-13-9-14(27)7-8-21(13,3)23(15,25)17(28)11-22(16,4)24(19,31-20)18(29)12-26/h7-10,15,17,19,26,28H,5-6,11-12H2,1-4H3/t15-,17-,19+,21-,22-,23-,24+/m0/s1. The van der Waals surface area contributed by atoms with E-state index in [0.717, 1.165) is 0 Å². The lowest BCUT2D eigenvalue weighted by Gasteiger charge is -2.61. The van der Waals surface area contributed by atoms with Crippen LogP contribution in [0.3, 0.4) is 0 Å². The van der Waals surface area contributed by atoms with Crippen LogP contribution in [0.5, 0.6) is 0 Å². The van der Waals surface area contributed by atoms with Gasteiger partial charge in [0.1, 0.15) is 12.7 Å². The molecule has 0 spiro atoms. The maximum Gasteiger partial charge on any atom is 0.193 e. The van der Waals surface area contributed by atoms with Gasteiger partial charge in [-0.25, -0.2) is 4.39 Å². The van der Waals surface area contributed by atoms with E-state index in [1.54, 1.807) is 32.9 Å². The zero-order valence-corrected chi connectivity index (χ0v) is 18.3. The van der Waals surface area contributed by atoms with Crippen molar-refractivity contribution in [3.63, 3.8) is 0 Å². The number of ether oxygens (including phenoxy) is 2. The predicted octanol–water partition coefficient (Wildman–Crippen LogP) is 2.34. The number of Topliss-reactive ketones (excluding diaryl/α,β-unsaturated/α-hetero) is 1. The van der Waals surface area contributed by atoms with Gasteiger partial charge in [0, 0.05) is 16.7 Å². The first kappa shape index (κ1) is 21.2. The number of rotatable bonds is 2. The van der Waals surface area contributed by atoms with Crippen LogP contribution in [0, 0.1) is 16.7 Å². The van der Waals surface area contributed by atoms with Crippen LogP contribution >= 0.6 is 0 Å². The molecular weight excluding hydrogens is 403 g/mol. The Morgan fingerprint density at radius 1 is 1.29 bits per heavy atom. The van der Waals surface area contributed by atoms with Crippen LogP contribution in [0.1, 0.15) is 47.0 Å². The Hall–Kier alpha value is -1.67. The van der Waals surface area contributed by atoms with E-state index in [1.165, 1.54) is 12.2 Å². The molecule has 31 heavy (non-hydrogen) atoms. The number of aliphatic hydroxyl groups is 2. The Balaban J connectivity index is 1.67. The number of carbonyl (C=O) groups is 2. The molecule has 0 unspecified atom stereocenters. The van der Waals surface area contributed by atoms with Crippen molar-refractivity contribution in [2.75, 3.05) is 6.61 Å². The quantitative estimate of drug-likeness (QED) is 0.651. The summed E-state index contributed by atoms with van der Waals surface area (Å²) in [6, 6.07) is 0. The molecule has 0 aromatic heterocycles. The molecule has 1 saturated heterocycles. The van der Waals surface area contributed by atoms with Crippen LogP contribution in [0.25, 0.3) is 0 Å². The molecule has 0 aromatic carbocycles. The number of ketones is 2. The fourth-order valence-corrected chi connectivity index (χ4v) is 7.21. The SMILES string of the molecule is CC1(C)O[C@@H]2C=C3[C@@H]4CCC5=CC(=O)C=C[C@]5(C)[C@@]4(F)[C@@H](O)C[C@]3(C)[C@]2(C(=O)CO)O1. The summed E-state index contributed by atoms with van der Waals surface area (Å²) in [6.07, 6.45) is 4.92. The predicted molar refractivity (Wildman–Crippen MR) is 109 cm³/mol. The first-order valence-electron chi connectivity index (χ1n) is 10.9. The Morgan fingerprint density at radius 3 is 2.68 bits per heavy atom. The number of hydrogen-bond donors (Lipinski definition) is 2. The molecule has 0 radical (unpaired) electrons. The van der Waals surface area contributed by atoms with Crippen LogP contribution in [0.2, 0.25) is 0 Å². The van der Waals surface area contributed by atoms with Crippen molar-refractivity contribution >= 4 is 11.6 Å². The second-order valence-corrected chi connectivity index (χ2v) is 10.5. The summed E-state index contributed by atoms with van der Waals surface area (Å²) in [7, 11) is 0. The van der Waals surface area contributed by atoms with E-state index in [0.29, 0.717) is 24.0 Å². The van der Waals surface area contributed by atoms with Crippen molar-refractivity contribution in [3.8, 4) is 0 Å². The van der Waals surface area contributed by atoms with Crippen LogP contribution in [-0.2, 0) is 19.1 Å². The summed E-state index contributed by atoms with van der Waals surface area (Å²) in [5.41, 5.74) is -4.33. The van der Waals surface area contributed by atoms with Gasteiger partial charge in [-0.05, 0) is 52.2 Å². The second kappa shape index (κ2) is 6.01. The average Bonchev–Trinajstić information content (AvgIpc) is 3.09. The molecule has 2 saturated carbocycles. The number of hydrogen-bond acceptors (Lipinski definition) is 6. The van der Waals surface area contributed by atoms with E-state index in [2.05, 4.69) is 0 Å². The van der Waals surface area contributed by atoms with E-state index in [9.17, 15) is 19.8 Å². The smallest absolute Gasteiger partial charge is 0.193 e. The van der Waals surface area contributed by atoms with Crippen molar-refractivity contribution in [1.82, 2.24) is 0 Å². The minimum Gasteiger partial charge on any atom is -0.390 e. The second-order valence-electron chi connectivity index (χ2n) is 10.5. The van der Waals surface area contributed by atoms with Crippen LogP contribution in [-0.4, -0.2) is 57.7 Å². The Kier molecular flexibility index (Phi) is 4.11. The van der Waals surface area contributed by atoms with E-state index < -0.39 is 58.4 Å².